The first-order chi connectivity index (χ1) is 17.4. The number of aliphatic hydroxyl groups is 2. The Morgan fingerprint density at radius 3 is 2.81 bits per heavy atom. The summed E-state index contributed by atoms with van der Waals surface area (Å²) in [5.74, 6) is -1.12. The lowest BCUT2D eigenvalue weighted by molar-refractivity contribution is -0.153. The maximum atomic E-state index is 13.1. The molecule has 1 aliphatic heterocycles. The second kappa shape index (κ2) is 11.1. The highest BCUT2D eigenvalue weighted by atomic mass is 35.5. The number of amides is 1. The number of rotatable bonds is 9. The Balaban J connectivity index is 1.16. The summed E-state index contributed by atoms with van der Waals surface area (Å²) in [6, 6.07) is 9.56. The Morgan fingerprint density at radius 2 is 2.00 bits per heavy atom. The number of benzene rings is 1. The Kier molecular flexibility index (Phi) is 7.88. The van der Waals surface area contributed by atoms with E-state index in [0.29, 0.717) is 19.4 Å². The van der Waals surface area contributed by atoms with Gasteiger partial charge in [0.25, 0.3) is 5.91 Å². The number of hydrogen-bond acceptors (Lipinski definition) is 7. The van der Waals surface area contributed by atoms with E-state index in [1.54, 1.807) is 27.6 Å². The van der Waals surface area contributed by atoms with E-state index in [9.17, 15) is 19.8 Å². The van der Waals surface area contributed by atoms with Crippen molar-refractivity contribution in [1.29, 1.82) is 0 Å². The van der Waals surface area contributed by atoms with Gasteiger partial charge in [-0.1, -0.05) is 29.8 Å². The zero-order valence-corrected chi connectivity index (χ0v) is 22.2. The quantitative estimate of drug-likeness (QED) is 0.413. The molecule has 5 rings (SSSR count). The van der Waals surface area contributed by atoms with Crippen molar-refractivity contribution in [1.82, 2.24) is 9.88 Å². The summed E-state index contributed by atoms with van der Waals surface area (Å²) in [6.45, 7) is 0.495. The summed E-state index contributed by atoms with van der Waals surface area (Å²) >= 11 is 9.46. The van der Waals surface area contributed by atoms with E-state index in [4.69, 9.17) is 16.6 Å². The van der Waals surface area contributed by atoms with Crippen LogP contribution in [0.2, 0.25) is 5.02 Å². The van der Waals surface area contributed by atoms with E-state index in [-0.39, 0.29) is 12.5 Å². The van der Waals surface area contributed by atoms with Gasteiger partial charge in [-0.05, 0) is 73.6 Å². The van der Waals surface area contributed by atoms with Crippen molar-refractivity contribution in [2.45, 2.75) is 69.6 Å². The monoisotopic (exact) mass is 544 g/mol. The lowest BCUT2D eigenvalue weighted by Gasteiger charge is -2.27. The molecule has 0 unspecified atom stereocenters. The topological polar surface area (TPSA) is 90.7 Å². The highest BCUT2D eigenvalue weighted by molar-refractivity contribution is 7.11. The number of nitrogens with zero attached hydrogens (tertiary/aromatic N) is 2. The van der Waals surface area contributed by atoms with Crippen molar-refractivity contribution < 1.29 is 19.8 Å². The predicted molar refractivity (Wildman–Crippen MR) is 142 cm³/mol. The number of fused-ring (bicyclic) bond motifs is 1. The number of aliphatic hydroxyl groups excluding tert-OH is 2. The van der Waals surface area contributed by atoms with Crippen LogP contribution < -0.4 is 0 Å². The molecule has 0 bridgehead atoms. The number of Topliss-reactive ketones (excluding diaryl/α,β-unsaturated/α-hetero) is 1. The summed E-state index contributed by atoms with van der Waals surface area (Å²) in [4.78, 5) is 34.4. The molecule has 3 heterocycles. The lowest BCUT2D eigenvalue weighted by atomic mass is 10.0. The summed E-state index contributed by atoms with van der Waals surface area (Å²) in [6.07, 6.45) is 2.45. The van der Waals surface area contributed by atoms with Crippen molar-refractivity contribution in [3.05, 3.63) is 72.3 Å². The SMILES string of the molecule is O=C(CCc1cc(Cc2ccccc2Cl)cs1)[C@H](O)[C@@H](O)C(=O)N1CCC[C@@H]1c1nc2c(s1)CCC2. The molecular weight excluding hydrogens is 516 g/mol. The van der Waals surface area contributed by atoms with Crippen molar-refractivity contribution in [2.24, 2.45) is 0 Å². The van der Waals surface area contributed by atoms with Crippen LogP contribution >= 0.6 is 34.3 Å². The number of thiazole rings is 1. The first-order valence-electron chi connectivity index (χ1n) is 12.4. The Labute approximate surface area is 223 Å². The molecule has 2 aromatic heterocycles. The van der Waals surface area contributed by atoms with Gasteiger partial charge in [0.15, 0.2) is 11.9 Å². The van der Waals surface area contributed by atoms with Gasteiger partial charge >= 0.3 is 0 Å². The van der Waals surface area contributed by atoms with Crippen LogP contribution in [0.5, 0.6) is 0 Å². The van der Waals surface area contributed by atoms with Gasteiger partial charge in [0.05, 0.1) is 11.7 Å². The first-order valence-corrected chi connectivity index (χ1v) is 14.5. The molecule has 2 N–H and O–H groups in total. The van der Waals surface area contributed by atoms with E-state index in [1.165, 1.54) is 4.88 Å². The van der Waals surface area contributed by atoms with Crippen LogP contribution in [0, 0.1) is 0 Å². The summed E-state index contributed by atoms with van der Waals surface area (Å²) in [5.41, 5.74) is 3.28. The van der Waals surface area contributed by atoms with Crippen molar-refractivity contribution >= 4 is 46.0 Å². The van der Waals surface area contributed by atoms with E-state index in [0.717, 1.165) is 63.8 Å². The normalized spacial score (nSPS) is 18.9. The number of likely N-dealkylation sites (tertiary alicyclic amines) is 1. The number of thiophene rings is 1. The molecule has 1 amide bonds. The van der Waals surface area contributed by atoms with Gasteiger partial charge in [-0.2, -0.15) is 0 Å². The minimum atomic E-state index is -1.76. The molecule has 9 heteroatoms. The number of halogens is 1. The first kappa shape index (κ1) is 25.5. The predicted octanol–water partition coefficient (Wildman–Crippen LogP) is 4.52. The van der Waals surface area contributed by atoms with Gasteiger partial charge in [-0.3, -0.25) is 9.59 Å². The van der Waals surface area contributed by atoms with Crippen LogP contribution in [0.1, 0.15) is 63.3 Å². The molecule has 1 aromatic carbocycles. The van der Waals surface area contributed by atoms with Crippen molar-refractivity contribution in [3.8, 4) is 0 Å². The Morgan fingerprint density at radius 1 is 1.17 bits per heavy atom. The van der Waals surface area contributed by atoms with E-state index < -0.39 is 23.9 Å². The van der Waals surface area contributed by atoms with Crippen LogP contribution in [0.4, 0.5) is 0 Å². The number of aryl methyl sites for hydroxylation is 3. The zero-order valence-electron chi connectivity index (χ0n) is 19.9. The molecule has 36 heavy (non-hydrogen) atoms. The molecule has 1 fully saturated rings. The fourth-order valence-corrected chi connectivity index (χ4v) is 7.42. The molecule has 0 spiro atoms. The van der Waals surface area contributed by atoms with Crippen LogP contribution in [0.15, 0.2) is 35.7 Å². The lowest BCUT2D eigenvalue weighted by Crippen LogP contribution is -2.47. The molecule has 1 saturated heterocycles. The molecular formula is C27H29ClN2O4S2. The molecule has 0 radical (unpaired) electrons. The smallest absolute Gasteiger partial charge is 0.255 e. The maximum absolute atomic E-state index is 13.1. The minimum absolute atomic E-state index is 0.0557. The van der Waals surface area contributed by atoms with E-state index in [2.05, 4.69) is 0 Å². The largest absolute Gasteiger partial charge is 0.382 e. The zero-order chi connectivity index (χ0) is 25.2. The third kappa shape index (κ3) is 5.43. The second-order valence-electron chi connectivity index (χ2n) is 9.51. The number of carbonyl (C=O) groups is 2. The van der Waals surface area contributed by atoms with Gasteiger partial charge in [0.1, 0.15) is 11.1 Å². The van der Waals surface area contributed by atoms with Crippen molar-refractivity contribution in [2.75, 3.05) is 6.54 Å². The average Bonchev–Trinajstić information content (AvgIpc) is 3.66. The molecule has 3 atom stereocenters. The summed E-state index contributed by atoms with van der Waals surface area (Å²) in [7, 11) is 0. The molecule has 2 aliphatic rings. The van der Waals surface area contributed by atoms with E-state index in [1.807, 2.05) is 35.7 Å². The third-order valence-electron chi connectivity index (χ3n) is 6.99. The summed E-state index contributed by atoms with van der Waals surface area (Å²) in [5, 5.41) is 24.8. The summed E-state index contributed by atoms with van der Waals surface area (Å²) < 4.78 is 0. The van der Waals surface area contributed by atoms with Gasteiger partial charge < -0.3 is 15.1 Å². The minimum Gasteiger partial charge on any atom is -0.382 e. The standard InChI is InChI=1S/C27H29ClN2O4S2/c28-19-6-2-1-5-17(19)13-16-14-18(35-15-16)10-11-22(31)24(32)25(33)27(34)30-12-4-8-21(30)26-29-20-7-3-9-23(20)36-26/h1-2,5-6,14-15,21,24-25,32-33H,3-4,7-13H2/t21-,24+,25-/m1/s1. The highest BCUT2D eigenvalue weighted by Gasteiger charge is 2.39. The number of aromatic nitrogens is 1. The second-order valence-corrected chi connectivity index (χ2v) is 12.0. The maximum Gasteiger partial charge on any atom is 0.255 e. The molecule has 1 aliphatic carbocycles. The van der Waals surface area contributed by atoms with Crippen LogP contribution in [-0.4, -0.2) is 50.5 Å². The van der Waals surface area contributed by atoms with E-state index >= 15 is 0 Å². The van der Waals surface area contributed by atoms with Gasteiger partial charge in [0.2, 0.25) is 0 Å². The average molecular weight is 545 g/mol. The molecule has 3 aromatic rings. The highest BCUT2D eigenvalue weighted by Crippen LogP contribution is 2.38. The fourth-order valence-electron chi connectivity index (χ4n) is 5.03. The molecule has 6 nitrogen and oxygen atoms in total. The molecule has 0 saturated carbocycles. The Bertz CT molecular complexity index is 1230. The molecule has 190 valence electrons. The van der Waals surface area contributed by atoms with Gasteiger partial charge in [-0.25, -0.2) is 4.98 Å². The van der Waals surface area contributed by atoms with Gasteiger partial charge in [0, 0.05) is 27.7 Å². The van der Waals surface area contributed by atoms with Gasteiger partial charge in [-0.15, -0.1) is 22.7 Å². The number of carbonyl (C=O) groups excluding carboxylic acids is 2. The van der Waals surface area contributed by atoms with Crippen LogP contribution in [-0.2, 0) is 35.3 Å². The van der Waals surface area contributed by atoms with Crippen molar-refractivity contribution in [3.63, 3.8) is 0 Å². The third-order valence-corrected chi connectivity index (χ3v) is 9.67. The number of ketones is 1. The number of hydrogen-bond donors (Lipinski definition) is 2. The fraction of sp³-hybridized carbons (Fsp3) is 0.444. The Hall–Kier alpha value is -2.10. The van der Waals surface area contributed by atoms with Crippen LogP contribution in [0.3, 0.4) is 0 Å². The van der Waals surface area contributed by atoms with Crippen LogP contribution in [0.25, 0.3) is 0 Å².